The SMILES string of the molecule is Cc1ccc(OCCOc2ccc(Oc3ccccn3)cc2)cc1. The number of pyridine rings is 1. The van der Waals surface area contributed by atoms with Crippen LogP contribution in [0.1, 0.15) is 5.56 Å². The number of ether oxygens (including phenoxy) is 3. The second-order valence-electron chi connectivity index (χ2n) is 5.25. The van der Waals surface area contributed by atoms with Crippen LogP contribution < -0.4 is 14.2 Å². The Kier molecular flexibility index (Phi) is 5.30. The molecule has 3 aromatic rings. The quantitative estimate of drug-likeness (QED) is 0.594. The van der Waals surface area contributed by atoms with Crippen LogP contribution in [0.25, 0.3) is 0 Å². The fourth-order valence-corrected chi connectivity index (χ4v) is 2.09. The number of benzene rings is 2. The lowest BCUT2D eigenvalue weighted by atomic mass is 10.2. The molecular weight excluding hydrogens is 302 g/mol. The van der Waals surface area contributed by atoms with Crippen LogP contribution in [0.3, 0.4) is 0 Å². The van der Waals surface area contributed by atoms with Gasteiger partial charge in [0, 0.05) is 12.3 Å². The molecule has 0 fully saturated rings. The third-order valence-electron chi connectivity index (χ3n) is 3.33. The van der Waals surface area contributed by atoms with Gasteiger partial charge in [0.05, 0.1) is 0 Å². The van der Waals surface area contributed by atoms with E-state index in [1.807, 2.05) is 73.7 Å². The Balaban J connectivity index is 1.43. The van der Waals surface area contributed by atoms with E-state index in [1.165, 1.54) is 5.56 Å². The smallest absolute Gasteiger partial charge is 0.219 e. The second-order valence-corrected chi connectivity index (χ2v) is 5.25. The van der Waals surface area contributed by atoms with E-state index in [1.54, 1.807) is 6.20 Å². The van der Waals surface area contributed by atoms with Crippen molar-refractivity contribution < 1.29 is 14.2 Å². The van der Waals surface area contributed by atoms with Crippen molar-refractivity contribution in [3.8, 4) is 23.1 Å². The summed E-state index contributed by atoms with van der Waals surface area (Å²) < 4.78 is 16.9. The molecule has 0 radical (unpaired) electrons. The Bertz CT molecular complexity index is 740. The zero-order valence-electron chi connectivity index (χ0n) is 13.5. The van der Waals surface area contributed by atoms with E-state index in [-0.39, 0.29) is 0 Å². The van der Waals surface area contributed by atoms with Crippen molar-refractivity contribution >= 4 is 0 Å². The fourth-order valence-electron chi connectivity index (χ4n) is 2.09. The van der Waals surface area contributed by atoms with E-state index in [0.29, 0.717) is 19.1 Å². The number of aryl methyl sites for hydroxylation is 1. The van der Waals surface area contributed by atoms with Crippen LogP contribution >= 0.6 is 0 Å². The van der Waals surface area contributed by atoms with Crippen molar-refractivity contribution in [1.82, 2.24) is 4.98 Å². The average Bonchev–Trinajstić information content (AvgIpc) is 2.62. The normalized spacial score (nSPS) is 10.2. The predicted octanol–water partition coefficient (Wildman–Crippen LogP) is 4.64. The van der Waals surface area contributed by atoms with Gasteiger partial charge in [-0.3, -0.25) is 0 Å². The van der Waals surface area contributed by atoms with Crippen molar-refractivity contribution in [2.24, 2.45) is 0 Å². The van der Waals surface area contributed by atoms with E-state index in [4.69, 9.17) is 14.2 Å². The Morgan fingerprint density at radius 1 is 0.708 bits per heavy atom. The highest BCUT2D eigenvalue weighted by molar-refractivity contribution is 5.33. The van der Waals surface area contributed by atoms with Gasteiger partial charge >= 0.3 is 0 Å². The summed E-state index contributed by atoms with van der Waals surface area (Å²) in [5.74, 6) is 2.91. The van der Waals surface area contributed by atoms with Crippen molar-refractivity contribution in [3.63, 3.8) is 0 Å². The predicted molar refractivity (Wildman–Crippen MR) is 92.9 cm³/mol. The molecule has 122 valence electrons. The van der Waals surface area contributed by atoms with Crippen molar-refractivity contribution in [3.05, 3.63) is 78.5 Å². The maximum atomic E-state index is 5.66. The van der Waals surface area contributed by atoms with E-state index in [0.717, 1.165) is 17.2 Å². The minimum atomic E-state index is 0.480. The van der Waals surface area contributed by atoms with Crippen LogP contribution in [0, 0.1) is 6.92 Å². The first kappa shape index (κ1) is 15.9. The minimum Gasteiger partial charge on any atom is -0.490 e. The molecule has 0 N–H and O–H groups in total. The topological polar surface area (TPSA) is 40.6 Å². The molecule has 0 atom stereocenters. The molecule has 1 aromatic heterocycles. The molecule has 3 rings (SSSR count). The molecule has 0 bridgehead atoms. The van der Waals surface area contributed by atoms with Crippen LogP contribution in [0.5, 0.6) is 23.1 Å². The summed E-state index contributed by atoms with van der Waals surface area (Å²) in [5.41, 5.74) is 1.21. The second kappa shape index (κ2) is 8.02. The van der Waals surface area contributed by atoms with Gasteiger partial charge in [-0.15, -0.1) is 0 Å². The van der Waals surface area contributed by atoms with Crippen LogP contribution in [0.15, 0.2) is 72.9 Å². The Morgan fingerprint density at radius 3 is 1.88 bits per heavy atom. The van der Waals surface area contributed by atoms with Crippen molar-refractivity contribution in [2.75, 3.05) is 13.2 Å². The van der Waals surface area contributed by atoms with E-state index in [9.17, 15) is 0 Å². The molecule has 0 aliphatic rings. The van der Waals surface area contributed by atoms with Crippen LogP contribution in [-0.2, 0) is 0 Å². The molecule has 1 heterocycles. The van der Waals surface area contributed by atoms with Gasteiger partial charge in [-0.05, 0) is 49.4 Å². The summed E-state index contributed by atoms with van der Waals surface area (Å²) in [7, 11) is 0. The highest BCUT2D eigenvalue weighted by atomic mass is 16.5. The number of hydrogen-bond acceptors (Lipinski definition) is 4. The number of nitrogens with zero attached hydrogens (tertiary/aromatic N) is 1. The maximum Gasteiger partial charge on any atom is 0.219 e. The average molecular weight is 321 g/mol. The highest BCUT2D eigenvalue weighted by Gasteiger charge is 2.00. The molecule has 0 unspecified atom stereocenters. The molecule has 0 spiro atoms. The van der Waals surface area contributed by atoms with E-state index < -0.39 is 0 Å². The van der Waals surface area contributed by atoms with Gasteiger partial charge in [-0.1, -0.05) is 23.8 Å². The lowest BCUT2D eigenvalue weighted by molar-refractivity contribution is 0.217. The maximum absolute atomic E-state index is 5.66. The van der Waals surface area contributed by atoms with Crippen LogP contribution in [0.4, 0.5) is 0 Å². The lowest BCUT2D eigenvalue weighted by Crippen LogP contribution is -2.08. The summed E-state index contributed by atoms with van der Waals surface area (Å²) in [6, 6.07) is 20.9. The monoisotopic (exact) mass is 321 g/mol. The molecule has 0 saturated heterocycles. The molecule has 0 aliphatic heterocycles. The summed E-state index contributed by atoms with van der Waals surface area (Å²) in [6.07, 6.45) is 1.70. The fraction of sp³-hybridized carbons (Fsp3) is 0.150. The highest BCUT2D eigenvalue weighted by Crippen LogP contribution is 2.22. The largest absolute Gasteiger partial charge is 0.490 e. The number of rotatable bonds is 7. The Hall–Kier alpha value is -3.01. The molecule has 0 saturated carbocycles. The summed E-state index contributed by atoms with van der Waals surface area (Å²) in [5, 5.41) is 0. The van der Waals surface area contributed by atoms with Crippen LogP contribution in [0.2, 0.25) is 0 Å². The molecule has 0 aliphatic carbocycles. The number of aromatic nitrogens is 1. The van der Waals surface area contributed by atoms with E-state index >= 15 is 0 Å². The molecule has 0 amide bonds. The van der Waals surface area contributed by atoms with Crippen molar-refractivity contribution in [2.45, 2.75) is 6.92 Å². The van der Waals surface area contributed by atoms with Gasteiger partial charge in [0.25, 0.3) is 0 Å². The first-order valence-corrected chi connectivity index (χ1v) is 7.81. The van der Waals surface area contributed by atoms with Gasteiger partial charge in [0.1, 0.15) is 30.5 Å². The zero-order valence-corrected chi connectivity index (χ0v) is 13.5. The van der Waals surface area contributed by atoms with Gasteiger partial charge in [0.2, 0.25) is 5.88 Å². The van der Waals surface area contributed by atoms with Gasteiger partial charge in [0.15, 0.2) is 0 Å². The molecule has 4 heteroatoms. The first-order chi connectivity index (χ1) is 11.8. The Labute approximate surface area is 141 Å². The first-order valence-electron chi connectivity index (χ1n) is 7.81. The molecular formula is C20H19NO3. The Morgan fingerprint density at radius 2 is 1.29 bits per heavy atom. The zero-order chi connectivity index (χ0) is 16.6. The summed E-state index contributed by atoms with van der Waals surface area (Å²) in [6.45, 7) is 3.03. The standard InChI is InChI=1S/C20H19NO3/c1-16-5-7-17(8-6-16)22-14-15-23-18-9-11-19(12-10-18)24-20-4-2-3-13-21-20/h2-13H,14-15H2,1H3. The minimum absolute atomic E-state index is 0.480. The molecule has 2 aromatic carbocycles. The molecule has 4 nitrogen and oxygen atoms in total. The summed E-state index contributed by atoms with van der Waals surface area (Å²) >= 11 is 0. The van der Waals surface area contributed by atoms with Crippen molar-refractivity contribution in [1.29, 1.82) is 0 Å². The lowest BCUT2D eigenvalue weighted by Gasteiger charge is -2.09. The number of hydrogen-bond donors (Lipinski definition) is 0. The third kappa shape index (κ3) is 4.74. The van der Waals surface area contributed by atoms with Gasteiger partial charge in [-0.25, -0.2) is 4.98 Å². The van der Waals surface area contributed by atoms with E-state index in [2.05, 4.69) is 4.98 Å². The van der Waals surface area contributed by atoms with Gasteiger partial charge in [-0.2, -0.15) is 0 Å². The molecule has 24 heavy (non-hydrogen) atoms. The third-order valence-corrected chi connectivity index (χ3v) is 3.33. The van der Waals surface area contributed by atoms with Gasteiger partial charge < -0.3 is 14.2 Å². The van der Waals surface area contributed by atoms with Crippen LogP contribution in [-0.4, -0.2) is 18.2 Å². The summed E-state index contributed by atoms with van der Waals surface area (Å²) in [4.78, 5) is 4.12.